The minimum absolute atomic E-state index is 0.411. The van der Waals surface area contributed by atoms with E-state index in [0.29, 0.717) is 5.38 Å². The van der Waals surface area contributed by atoms with Crippen LogP contribution in [-0.2, 0) is 0 Å². The van der Waals surface area contributed by atoms with E-state index >= 15 is 0 Å². The SMILES string of the molecule is Cc1ccc(N(C)CC2CC(Cl)C2)nc1. The molecule has 1 aliphatic rings. The van der Waals surface area contributed by atoms with Crippen LogP contribution in [-0.4, -0.2) is 24.0 Å². The van der Waals surface area contributed by atoms with Gasteiger partial charge in [0.05, 0.1) is 0 Å². The first-order valence-electron chi connectivity index (χ1n) is 5.43. The maximum atomic E-state index is 5.96. The summed E-state index contributed by atoms with van der Waals surface area (Å²) in [5.74, 6) is 1.80. The lowest BCUT2D eigenvalue weighted by Crippen LogP contribution is -2.35. The predicted molar refractivity (Wildman–Crippen MR) is 64.6 cm³/mol. The zero-order chi connectivity index (χ0) is 10.8. The molecule has 1 fully saturated rings. The van der Waals surface area contributed by atoms with E-state index < -0.39 is 0 Å². The van der Waals surface area contributed by atoms with Gasteiger partial charge in [0.2, 0.25) is 0 Å². The van der Waals surface area contributed by atoms with E-state index in [9.17, 15) is 0 Å². The van der Waals surface area contributed by atoms with Gasteiger partial charge in [0.1, 0.15) is 5.82 Å². The Hall–Kier alpha value is -0.760. The Bertz CT molecular complexity index is 317. The van der Waals surface area contributed by atoms with Gasteiger partial charge in [-0.15, -0.1) is 11.6 Å². The van der Waals surface area contributed by atoms with Gasteiger partial charge in [-0.25, -0.2) is 4.98 Å². The predicted octanol–water partition coefficient (Wildman–Crippen LogP) is 2.84. The lowest BCUT2D eigenvalue weighted by molar-refractivity contribution is 0.328. The molecule has 1 saturated carbocycles. The van der Waals surface area contributed by atoms with Crippen molar-refractivity contribution in [3.05, 3.63) is 23.9 Å². The van der Waals surface area contributed by atoms with Gasteiger partial charge in [-0.2, -0.15) is 0 Å². The van der Waals surface area contributed by atoms with E-state index in [4.69, 9.17) is 11.6 Å². The van der Waals surface area contributed by atoms with Crippen molar-refractivity contribution in [2.45, 2.75) is 25.1 Å². The second kappa shape index (κ2) is 4.40. The van der Waals surface area contributed by atoms with Gasteiger partial charge in [-0.1, -0.05) is 6.07 Å². The Balaban J connectivity index is 1.90. The summed E-state index contributed by atoms with van der Waals surface area (Å²) >= 11 is 5.96. The molecule has 1 aromatic heterocycles. The van der Waals surface area contributed by atoms with Gasteiger partial charge < -0.3 is 4.90 Å². The summed E-state index contributed by atoms with van der Waals surface area (Å²) < 4.78 is 0. The van der Waals surface area contributed by atoms with Crippen LogP contribution in [0.3, 0.4) is 0 Å². The van der Waals surface area contributed by atoms with Crippen molar-refractivity contribution in [1.82, 2.24) is 4.98 Å². The van der Waals surface area contributed by atoms with Gasteiger partial charge in [0.25, 0.3) is 0 Å². The average Bonchev–Trinajstić information content (AvgIpc) is 2.16. The maximum Gasteiger partial charge on any atom is 0.128 e. The zero-order valence-electron chi connectivity index (χ0n) is 9.28. The van der Waals surface area contributed by atoms with E-state index in [1.165, 1.54) is 5.56 Å². The number of aromatic nitrogens is 1. The van der Waals surface area contributed by atoms with Gasteiger partial charge in [0, 0.05) is 25.2 Å². The Morgan fingerprint density at radius 3 is 2.73 bits per heavy atom. The summed E-state index contributed by atoms with van der Waals surface area (Å²) in [5.41, 5.74) is 1.21. The molecule has 0 radical (unpaired) electrons. The third kappa shape index (κ3) is 2.63. The highest BCUT2D eigenvalue weighted by molar-refractivity contribution is 6.21. The van der Waals surface area contributed by atoms with Gasteiger partial charge >= 0.3 is 0 Å². The number of hydrogen-bond donors (Lipinski definition) is 0. The highest BCUT2D eigenvalue weighted by Crippen LogP contribution is 2.32. The topological polar surface area (TPSA) is 16.1 Å². The largest absolute Gasteiger partial charge is 0.359 e. The lowest BCUT2D eigenvalue weighted by Gasteiger charge is -2.34. The standard InChI is InChI=1S/C12H17ClN2/c1-9-3-4-12(14-7-9)15(2)8-10-5-11(13)6-10/h3-4,7,10-11H,5-6,8H2,1-2H3. The number of rotatable bonds is 3. The number of nitrogens with zero attached hydrogens (tertiary/aromatic N) is 2. The van der Waals surface area contributed by atoms with Crippen molar-refractivity contribution >= 4 is 17.4 Å². The second-order valence-electron chi connectivity index (χ2n) is 4.51. The smallest absolute Gasteiger partial charge is 0.128 e. The van der Waals surface area contributed by atoms with Gasteiger partial charge in [-0.05, 0) is 37.3 Å². The molecule has 0 spiro atoms. The molecule has 1 aromatic rings. The third-order valence-electron chi connectivity index (χ3n) is 3.00. The van der Waals surface area contributed by atoms with Crippen LogP contribution in [0, 0.1) is 12.8 Å². The van der Waals surface area contributed by atoms with E-state index in [1.54, 1.807) is 0 Å². The molecule has 0 amide bonds. The Morgan fingerprint density at radius 1 is 1.47 bits per heavy atom. The molecule has 0 unspecified atom stereocenters. The van der Waals surface area contributed by atoms with Crippen molar-refractivity contribution in [2.24, 2.45) is 5.92 Å². The molecule has 15 heavy (non-hydrogen) atoms. The molecule has 1 heterocycles. The van der Waals surface area contributed by atoms with E-state index in [0.717, 1.165) is 31.1 Å². The fraction of sp³-hybridized carbons (Fsp3) is 0.583. The summed E-state index contributed by atoms with van der Waals surface area (Å²) in [7, 11) is 2.10. The molecule has 0 aliphatic heterocycles. The van der Waals surface area contributed by atoms with Gasteiger partial charge in [-0.3, -0.25) is 0 Å². The van der Waals surface area contributed by atoms with Crippen molar-refractivity contribution in [3.63, 3.8) is 0 Å². The fourth-order valence-electron chi connectivity index (χ4n) is 1.97. The van der Waals surface area contributed by atoms with Crippen LogP contribution in [0.2, 0.25) is 0 Å². The summed E-state index contributed by atoms with van der Waals surface area (Å²) in [6.45, 7) is 3.13. The van der Waals surface area contributed by atoms with E-state index in [2.05, 4.69) is 36.0 Å². The molecule has 2 nitrogen and oxygen atoms in total. The number of alkyl halides is 1. The minimum atomic E-state index is 0.411. The molecular weight excluding hydrogens is 208 g/mol. The normalized spacial score (nSPS) is 24.7. The molecule has 2 rings (SSSR count). The summed E-state index contributed by atoms with van der Waals surface area (Å²) in [6.07, 6.45) is 4.21. The number of aryl methyl sites for hydroxylation is 1. The molecule has 0 aromatic carbocycles. The highest BCUT2D eigenvalue weighted by Gasteiger charge is 2.28. The highest BCUT2D eigenvalue weighted by atomic mass is 35.5. The monoisotopic (exact) mass is 224 g/mol. The molecule has 0 atom stereocenters. The molecular formula is C12H17ClN2. The maximum absolute atomic E-state index is 5.96. The third-order valence-corrected chi connectivity index (χ3v) is 3.35. The zero-order valence-corrected chi connectivity index (χ0v) is 10.0. The number of anilines is 1. The van der Waals surface area contributed by atoms with E-state index in [1.807, 2.05) is 6.20 Å². The second-order valence-corrected chi connectivity index (χ2v) is 5.13. The molecule has 3 heteroatoms. The first-order chi connectivity index (χ1) is 7.15. The van der Waals surface area contributed by atoms with Gasteiger partial charge in [0.15, 0.2) is 0 Å². The van der Waals surface area contributed by atoms with Crippen molar-refractivity contribution in [1.29, 1.82) is 0 Å². The number of hydrogen-bond acceptors (Lipinski definition) is 2. The summed E-state index contributed by atoms with van der Waals surface area (Å²) in [6, 6.07) is 4.18. The minimum Gasteiger partial charge on any atom is -0.359 e. The molecule has 0 N–H and O–H groups in total. The lowest BCUT2D eigenvalue weighted by atomic mass is 9.84. The summed E-state index contributed by atoms with van der Waals surface area (Å²) in [5, 5.41) is 0.411. The Labute approximate surface area is 96.3 Å². The fourth-order valence-corrected chi connectivity index (χ4v) is 2.47. The van der Waals surface area contributed by atoms with Crippen molar-refractivity contribution in [3.8, 4) is 0 Å². The molecule has 0 saturated heterocycles. The number of pyridine rings is 1. The quantitative estimate of drug-likeness (QED) is 0.734. The van der Waals surface area contributed by atoms with Crippen LogP contribution in [0.25, 0.3) is 0 Å². The van der Waals surface area contributed by atoms with Crippen molar-refractivity contribution < 1.29 is 0 Å². The van der Waals surface area contributed by atoms with Crippen LogP contribution in [0.5, 0.6) is 0 Å². The Kier molecular flexibility index (Phi) is 3.15. The molecule has 82 valence electrons. The van der Waals surface area contributed by atoms with Crippen LogP contribution in [0.1, 0.15) is 18.4 Å². The average molecular weight is 225 g/mol. The first-order valence-corrected chi connectivity index (χ1v) is 5.86. The molecule has 0 bridgehead atoms. The Morgan fingerprint density at radius 2 is 2.20 bits per heavy atom. The molecule has 1 aliphatic carbocycles. The van der Waals surface area contributed by atoms with Crippen LogP contribution in [0.15, 0.2) is 18.3 Å². The van der Waals surface area contributed by atoms with E-state index in [-0.39, 0.29) is 0 Å². The van der Waals surface area contributed by atoms with Crippen LogP contribution in [0.4, 0.5) is 5.82 Å². The first kappa shape index (κ1) is 10.7. The number of halogens is 1. The summed E-state index contributed by atoms with van der Waals surface area (Å²) in [4.78, 5) is 6.62. The van der Waals surface area contributed by atoms with Crippen LogP contribution < -0.4 is 4.90 Å². The van der Waals surface area contributed by atoms with Crippen LogP contribution >= 0.6 is 11.6 Å². The van der Waals surface area contributed by atoms with Crippen molar-refractivity contribution in [2.75, 3.05) is 18.5 Å².